The maximum absolute atomic E-state index is 13.6. The molecule has 9 heteroatoms. The zero-order valence-corrected chi connectivity index (χ0v) is 26.0. The van der Waals surface area contributed by atoms with Gasteiger partial charge in [0.2, 0.25) is 0 Å². The third-order valence-corrected chi connectivity index (χ3v) is 9.01. The fraction of sp³-hybridized carbons (Fsp3) is 0.333. The number of nitrogens with zero attached hydrogens (tertiary/aromatic N) is 2. The Morgan fingerprint density at radius 1 is 0.889 bits per heavy atom. The lowest BCUT2D eigenvalue weighted by molar-refractivity contribution is -0.384. The summed E-state index contributed by atoms with van der Waals surface area (Å²) in [6.07, 6.45) is 2.63. The topological polar surface area (TPSA) is 111 Å². The molecule has 0 aromatic heterocycles. The van der Waals surface area contributed by atoms with Gasteiger partial charge in [-0.25, -0.2) is 9.59 Å². The predicted octanol–water partition coefficient (Wildman–Crippen LogP) is 6.02. The maximum atomic E-state index is 13.6. The van der Waals surface area contributed by atoms with Crippen LogP contribution in [0.15, 0.2) is 107 Å². The van der Waals surface area contributed by atoms with Crippen LogP contribution in [0.25, 0.3) is 0 Å². The number of carbonyl (C=O) groups is 2. The number of allylic oxidation sites excluding steroid dienone is 2. The number of nitro benzene ring substituents is 1. The lowest BCUT2D eigenvalue weighted by Crippen LogP contribution is -2.43. The van der Waals surface area contributed by atoms with Crippen LogP contribution in [0.2, 0.25) is 0 Å². The maximum Gasteiger partial charge on any atom is 0.336 e. The van der Waals surface area contributed by atoms with Crippen LogP contribution in [-0.2, 0) is 24.5 Å². The minimum Gasteiger partial charge on any atom is -0.466 e. The Morgan fingerprint density at radius 2 is 1.47 bits per heavy atom. The molecule has 234 valence electrons. The molecule has 9 nitrogen and oxygen atoms in total. The summed E-state index contributed by atoms with van der Waals surface area (Å²) in [4.78, 5) is 39.9. The summed E-state index contributed by atoms with van der Waals surface area (Å²) < 4.78 is 10.8. The molecule has 0 amide bonds. The number of likely N-dealkylation sites (tertiary alicyclic amines) is 1. The number of nitrogens with one attached hydrogen (secondary N) is 1. The second-order valence-corrected chi connectivity index (χ2v) is 11.6. The molecule has 2 aliphatic rings. The Bertz CT molecular complexity index is 1570. The fourth-order valence-electron chi connectivity index (χ4n) is 6.74. The molecule has 3 aromatic carbocycles. The van der Waals surface area contributed by atoms with Gasteiger partial charge >= 0.3 is 11.9 Å². The molecule has 5 rings (SSSR count). The molecule has 1 saturated heterocycles. The van der Waals surface area contributed by atoms with E-state index < -0.39 is 22.8 Å². The second-order valence-electron chi connectivity index (χ2n) is 11.6. The number of benzene rings is 3. The monoisotopic (exact) mass is 609 g/mol. The molecule has 3 aromatic rings. The third-order valence-electron chi connectivity index (χ3n) is 9.01. The number of dihydropyridines is 1. The summed E-state index contributed by atoms with van der Waals surface area (Å²) in [6, 6.07) is 27.4. The smallest absolute Gasteiger partial charge is 0.336 e. The number of non-ortho nitro benzene ring substituents is 1. The Labute approximate surface area is 263 Å². The quantitative estimate of drug-likeness (QED) is 0.129. The van der Waals surface area contributed by atoms with Gasteiger partial charge in [-0.3, -0.25) is 10.1 Å². The minimum absolute atomic E-state index is 0.0337. The molecule has 0 spiro atoms. The Balaban J connectivity index is 1.25. The third kappa shape index (κ3) is 6.68. The van der Waals surface area contributed by atoms with Crippen LogP contribution in [-0.4, -0.2) is 55.1 Å². The molecule has 0 saturated carbocycles. The minimum atomic E-state index is -0.878. The van der Waals surface area contributed by atoms with E-state index in [1.165, 1.54) is 30.4 Å². The van der Waals surface area contributed by atoms with Crippen molar-refractivity contribution in [1.29, 1.82) is 0 Å². The number of rotatable bonds is 10. The summed E-state index contributed by atoms with van der Waals surface area (Å²) in [6.45, 7) is 6.28. The molecule has 0 bridgehead atoms. The zero-order chi connectivity index (χ0) is 32.0. The molecule has 1 N–H and O–H groups in total. The largest absolute Gasteiger partial charge is 0.466 e. The van der Waals surface area contributed by atoms with Crippen molar-refractivity contribution < 1.29 is 24.0 Å². The highest BCUT2D eigenvalue weighted by Gasteiger charge is 2.39. The standard InChI is InChI=1S/C36H39N3O6/c1-25-31(34(40)44-3)33(27-12-10-17-30(24-27)39(42)43)32(26(2)37-25)35(41)45-23-11-20-38-21-18-36(19-22-38,28-13-6-4-7-14-28)29-15-8-5-9-16-29/h4-10,12-17,24,33,37H,11,18-23H2,1-3H3/t33-/m1/s1. The zero-order valence-electron chi connectivity index (χ0n) is 26.0. The van der Waals surface area contributed by atoms with Gasteiger partial charge in [-0.1, -0.05) is 72.8 Å². The number of carbonyl (C=O) groups excluding carboxylic acids is 2. The van der Waals surface area contributed by atoms with Crippen LogP contribution in [0, 0.1) is 10.1 Å². The molecule has 2 heterocycles. The van der Waals surface area contributed by atoms with Crippen molar-refractivity contribution >= 4 is 17.6 Å². The lowest BCUT2D eigenvalue weighted by atomic mass is 9.68. The van der Waals surface area contributed by atoms with Crippen molar-refractivity contribution in [3.05, 3.63) is 134 Å². The van der Waals surface area contributed by atoms with Crippen LogP contribution in [0.5, 0.6) is 0 Å². The number of hydrogen-bond donors (Lipinski definition) is 1. The first-order valence-corrected chi connectivity index (χ1v) is 15.3. The molecule has 1 fully saturated rings. The van der Waals surface area contributed by atoms with Crippen molar-refractivity contribution in [2.24, 2.45) is 0 Å². The SMILES string of the molecule is COC(=O)C1=C(C)NC(C)=C(C(=O)OCCCN2CCC(c3ccccc3)(c3ccccc3)CC2)[C@@H]1c1cccc([N+](=O)[O-])c1. The molecule has 0 radical (unpaired) electrons. The van der Waals surface area contributed by atoms with Gasteiger partial charge in [0.05, 0.1) is 35.7 Å². The van der Waals surface area contributed by atoms with Crippen LogP contribution in [0.4, 0.5) is 5.69 Å². The van der Waals surface area contributed by atoms with E-state index in [4.69, 9.17) is 9.47 Å². The van der Waals surface area contributed by atoms with Gasteiger partial charge in [-0.05, 0) is 62.9 Å². The van der Waals surface area contributed by atoms with Gasteiger partial charge in [0.25, 0.3) is 5.69 Å². The molecule has 45 heavy (non-hydrogen) atoms. The fourth-order valence-corrected chi connectivity index (χ4v) is 6.74. The molecule has 1 atom stereocenters. The van der Waals surface area contributed by atoms with Crippen LogP contribution in [0.1, 0.15) is 55.7 Å². The highest BCUT2D eigenvalue weighted by Crippen LogP contribution is 2.42. The lowest BCUT2D eigenvalue weighted by Gasteiger charge is -2.43. The average molecular weight is 610 g/mol. The highest BCUT2D eigenvalue weighted by atomic mass is 16.6. The summed E-state index contributed by atoms with van der Waals surface area (Å²) in [5.74, 6) is -2.07. The number of nitro groups is 1. The summed E-state index contributed by atoms with van der Waals surface area (Å²) in [5.41, 5.74) is 4.42. The van der Waals surface area contributed by atoms with E-state index in [1.807, 2.05) is 0 Å². The first kappa shape index (κ1) is 31.7. The number of esters is 2. The Morgan fingerprint density at radius 3 is 2.02 bits per heavy atom. The Kier molecular flexibility index (Phi) is 9.78. The number of ether oxygens (including phenoxy) is 2. The van der Waals surface area contributed by atoms with Crippen molar-refractivity contribution in [3.8, 4) is 0 Å². The number of piperidine rings is 1. The summed E-state index contributed by atoms with van der Waals surface area (Å²) in [7, 11) is 1.26. The van der Waals surface area contributed by atoms with E-state index in [1.54, 1.807) is 26.0 Å². The first-order chi connectivity index (χ1) is 21.7. The van der Waals surface area contributed by atoms with Crippen molar-refractivity contribution in [1.82, 2.24) is 10.2 Å². The second kappa shape index (κ2) is 13.9. The van der Waals surface area contributed by atoms with E-state index in [2.05, 4.69) is 70.9 Å². The molecule has 2 aliphatic heterocycles. The molecular weight excluding hydrogens is 570 g/mol. The molecule has 0 unspecified atom stereocenters. The van der Waals surface area contributed by atoms with Crippen molar-refractivity contribution in [2.45, 2.75) is 44.4 Å². The van der Waals surface area contributed by atoms with E-state index in [0.717, 1.165) is 32.5 Å². The van der Waals surface area contributed by atoms with Gasteiger partial charge < -0.3 is 19.7 Å². The van der Waals surface area contributed by atoms with Gasteiger partial charge in [0, 0.05) is 35.5 Å². The van der Waals surface area contributed by atoms with Crippen molar-refractivity contribution in [2.75, 3.05) is 33.4 Å². The van der Waals surface area contributed by atoms with Gasteiger partial charge in [-0.2, -0.15) is 0 Å². The average Bonchev–Trinajstić information content (AvgIpc) is 3.07. The highest BCUT2D eigenvalue weighted by molar-refractivity contribution is 5.99. The number of methoxy groups -OCH3 is 1. The Hall–Kier alpha value is -4.76. The summed E-state index contributed by atoms with van der Waals surface area (Å²) >= 11 is 0. The van der Waals surface area contributed by atoms with Gasteiger partial charge in [0.1, 0.15) is 0 Å². The van der Waals surface area contributed by atoms with Gasteiger partial charge in [-0.15, -0.1) is 0 Å². The van der Waals surface area contributed by atoms with Crippen LogP contribution < -0.4 is 5.32 Å². The van der Waals surface area contributed by atoms with Gasteiger partial charge in [0.15, 0.2) is 0 Å². The molecule has 0 aliphatic carbocycles. The number of hydrogen-bond acceptors (Lipinski definition) is 8. The normalized spacial score (nSPS) is 18.2. The van der Waals surface area contributed by atoms with Crippen molar-refractivity contribution in [3.63, 3.8) is 0 Å². The van der Waals surface area contributed by atoms with E-state index in [9.17, 15) is 19.7 Å². The van der Waals surface area contributed by atoms with Crippen LogP contribution in [0.3, 0.4) is 0 Å². The summed E-state index contributed by atoms with van der Waals surface area (Å²) in [5, 5.41) is 14.6. The van der Waals surface area contributed by atoms with E-state index in [0.29, 0.717) is 23.4 Å². The van der Waals surface area contributed by atoms with Crippen LogP contribution >= 0.6 is 0 Å². The molecular formula is C36H39N3O6. The van der Waals surface area contributed by atoms with E-state index in [-0.39, 0.29) is 28.9 Å². The first-order valence-electron chi connectivity index (χ1n) is 15.3. The van der Waals surface area contributed by atoms with E-state index >= 15 is 0 Å². The predicted molar refractivity (Wildman–Crippen MR) is 171 cm³/mol.